The van der Waals surface area contributed by atoms with Crippen molar-refractivity contribution in [3.8, 4) is 5.75 Å². The Balaban J connectivity index is 1.82. The number of carbonyl (C=O) groups excluding carboxylic acids is 1. The molecule has 0 saturated heterocycles. The van der Waals surface area contributed by atoms with Gasteiger partial charge in [0, 0.05) is 0 Å². The van der Waals surface area contributed by atoms with E-state index >= 15 is 0 Å². The van der Waals surface area contributed by atoms with Gasteiger partial charge in [-0.2, -0.15) is 0 Å². The number of hydrogen-bond acceptors (Lipinski definition) is 3. The molecule has 1 amide bonds. The summed E-state index contributed by atoms with van der Waals surface area (Å²) in [5, 5.41) is 2.80. The largest absolute Gasteiger partial charge is 0.492 e. The molecule has 110 valence electrons. The average Bonchev–Trinajstić information content (AvgIpc) is 2.53. The minimum atomic E-state index is -1.05. The van der Waals surface area contributed by atoms with Gasteiger partial charge in [-0.25, -0.2) is 0 Å². The van der Waals surface area contributed by atoms with E-state index in [4.69, 9.17) is 10.5 Å². The van der Waals surface area contributed by atoms with Gasteiger partial charge < -0.3 is 15.8 Å². The summed E-state index contributed by atoms with van der Waals surface area (Å²) < 4.78 is 5.52. The molecule has 2 aromatic carbocycles. The van der Waals surface area contributed by atoms with Crippen molar-refractivity contribution in [1.29, 1.82) is 0 Å². The van der Waals surface area contributed by atoms with E-state index in [-0.39, 0.29) is 5.91 Å². The Morgan fingerprint density at radius 3 is 2.29 bits per heavy atom. The molecule has 2 rings (SSSR count). The minimum Gasteiger partial charge on any atom is -0.492 e. The van der Waals surface area contributed by atoms with Crippen molar-refractivity contribution in [3.05, 3.63) is 66.2 Å². The number of nitrogens with one attached hydrogen (secondary N) is 1. The summed E-state index contributed by atoms with van der Waals surface area (Å²) in [6.07, 6.45) is 0. The van der Waals surface area contributed by atoms with Gasteiger partial charge in [-0.15, -0.1) is 0 Å². The normalized spacial score (nSPS) is 13.2. The van der Waals surface area contributed by atoms with E-state index in [9.17, 15) is 4.79 Å². The molecule has 0 fully saturated rings. The predicted molar refractivity (Wildman–Crippen MR) is 82.9 cm³/mol. The van der Waals surface area contributed by atoms with Crippen LogP contribution in [0.5, 0.6) is 5.75 Å². The Morgan fingerprint density at radius 2 is 1.67 bits per heavy atom. The zero-order valence-electron chi connectivity index (χ0n) is 12.1. The molecule has 0 spiro atoms. The highest BCUT2D eigenvalue weighted by Gasteiger charge is 2.29. The standard InChI is InChI=1S/C17H20N2O2/c1-17(18,14-8-4-2-5-9-14)16(20)19-12-13-21-15-10-6-3-7-11-15/h2-11H,12-13,18H2,1H3,(H,19,20). The fourth-order valence-electron chi connectivity index (χ4n) is 1.95. The fourth-order valence-corrected chi connectivity index (χ4v) is 1.95. The fraction of sp³-hybridized carbons (Fsp3) is 0.235. The molecule has 4 nitrogen and oxygen atoms in total. The average molecular weight is 284 g/mol. The molecular formula is C17H20N2O2. The third kappa shape index (κ3) is 4.07. The highest BCUT2D eigenvalue weighted by Crippen LogP contribution is 2.17. The maximum absolute atomic E-state index is 12.2. The summed E-state index contributed by atoms with van der Waals surface area (Å²) in [5.41, 5.74) is 5.86. The van der Waals surface area contributed by atoms with Crippen LogP contribution in [0.2, 0.25) is 0 Å². The van der Waals surface area contributed by atoms with E-state index in [1.165, 1.54) is 0 Å². The second-order valence-electron chi connectivity index (χ2n) is 4.99. The van der Waals surface area contributed by atoms with Gasteiger partial charge in [0.2, 0.25) is 5.91 Å². The molecule has 1 unspecified atom stereocenters. The summed E-state index contributed by atoms with van der Waals surface area (Å²) >= 11 is 0. The van der Waals surface area contributed by atoms with Crippen molar-refractivity contribution in [1.82, 2.24) is 5.32 Å². The Kier molecular flexibility index (Phi) is 4.95. The first-order valence-electron chi connectivity index (χ1n) is 6.91. The van der Waals surface area contributed by atoms with Crippen molar-refractivity contribution in [2.75, 3.05) is 13.2 Å². The summed E-state index contributed by atoms with van der Waals surface area (Å²) in [6.45, 7) is 2.52. The number of ether oxygens (including phenoxy) is 1. The SMILES string of the molecule is CC(N)(C(=O)NCCOc1ccccc1)c1ccccc1. The molecule has 0 aliphatic heterocycles. The van der Waals surface area contributed by atoms with Gasteiger partial charge >= 0.3 is 0 Å². The maximum atomic E-state index is 12.2. The summed E-state index contributed by atoms with van der Waals surface area (Å²) in [5.74, 6) is 0.565. The predicted octanol–water partition coefficient (Wildman–Crippen LogP) is 2.06. The zero-order chi connectivity index (χ0) is 15.1. The lowest BCUT2D eigenvalue weighted by Gasteiger charge is -2.24. The molecule has 2 aromatic rings. The van der Waals surface area contributed by atoms with Crippen LogP contribution in [0.4, 0.5) is 0 Å². The Bertz CT molecular complexity index is 568. The van der Waals surface area contributed by atoms with E-state index in [0.717, 1.165) is 11.3 Å². The molecule has 0 aromatic heterocycles. The van der Waals surface area contributed by atoms with Crippen molar-refractivity contribution in [2.24, 2.45) is 5.73 Å². The van der Waals surface area contributed by atoms with Gasteiger partial charge in [0.25, 0.3) is 0 Å². The van der Waals surface area contributed by atoms with Crippen LogP contribution in [0.1, 0.15) is 12.5 Å². The molecule has 0 aliphatic carbocycles. The Hall–Kier alpha value is -2.33. The first-order chi connectivity index (χ1) is 10.1. The van der Waals surface area contributed by atoms with Gasteiger partial charge in [0.05, 0.1) is 6.54 Å². The monoisotopic (exact) mass is 284 g/mol. The summed E-state index contributed by atoms with van der Waals surface area (Å²) in [7, 11) is 0. The second kappa shape index (κ2) is 6.90. The van der Waals surface area contributed by atoms with Gasteiger partial charge in [0.1, 0.15) is 17.9 Å². The van der Waals surface area contributed by atoms with Crippen LogP contribution in [0.15, 0.2) is 60.7 Å². The minimum absolute atomic E-state index is 0.217. The first-order valence-corrected chi connectivity index (χ1v) is 6.91. The van der Waals surface area contributed by atoms with E-state index in [0.29, 0.717) is 13.2 Å². The van der Waals surface area contributed by atoms with E-state index in [1.807, 2.05) is 60.7 Å². The molecule has 0 heterocycles. The van der Waals surface area contributed by atoms with Crippen LogP contribution in [0.3, 0.4) is 0 Å². The van der Waals surface area contributed by atoms with E-state index < -0.39 is 5.54 Å². The Labute approximate surface area is 124 Å². The molecule has 0 bridgehead atoms. The molecule has 1 atom stereocenters. The molecule has 0 aliphatic rings. The van der Waals surface area contributed by atoms with Gasteiger partial charge in [-0.1, -0.05) is 48.5 Å². The maximum Gasteiger partial charge on any atom is 0.244 e. The molecule has 0 saturated carbocycles. The Morgan fingerprint density at radius 1 is 1.10 bits per heavy atom. The third-order valence-corrected chi connectivity index (χ3v) is 3.24. The lowest BCUT2D eigenvalue weighted by atomic mass is 9.92. The summed E-state index contributed by atoms with van der Waals surface area (Å²) in [6, 6.07) is 18.8. The quantitative estimate of drug-likeness (QED) is 0.798. The molecule has 3 N–H and O–H groups in total. The van der Waals surface area contributed by atoms with Crippen molar-refractivity contribution >= 4 is 5.91 Å². The van der Waals surface area contributed by atoms with E-state index in [1.54, 1.807) is 6.92 Å². The highest BCUT2D eigenvalue weighted by molar-refractivity contribution is 5.86. The van der Waals surface area contributed by atoms with Crippen LogP contribution in [0, 0.1) is 0 Å². The van der Waals surface area contributed by atoms with Crippen LogP contribution in [-0.4, -0.2) is 19.1 Å². The number of rotatable bonds is 6. The second-order valence-corrected chi connectivity index (χ2v) is 4.99. The highest BCUT2D eigenvalue weighted by atomic mass is 16.5. The third-order valence-electron chi connectivity index (χ3n) is 3.24. The van der Waals surface area contributed by atoms with E-state index in [2.05, 4.69) is 5.32 Å². The van der Waals surface area contributed by atoms with Gasteiger partial charge in [-0.05, 0) is 24.6 Å². The number of hydrogen-bond donors (Lipinski definition) is 2. The molecular weight excluding hydrogens is 264 g/mol. The molecule has 0 radical (unpaired) electrons. The van der Waals surface area contributed by atoms with Crippen LogP contribution in [-0.2, 0) is 10.3 Å². The van der Waals surface area contributed by atoms with Gasteiger partial charge in [0.15, 0.2) is 0 Å². The zero-order valence-corrected chi connectivity index (χ0v) is 12.1. The van der Waals surface area contributed by atoms with Crippen molar-refractivity contribution in [2.45, 2.75) is 12.5 Å². The topological polar surface area (TPSA) is 64.4 Å². The molecule has 4 heteroatoms. The van der Waals surface area contributed by atoms with Gasteiger partial charge in [-0.3, -0.25) is 4.79 Å². The number of benzene rings is 2. The number of amides is 1. The number of para-hydroxylation sites is 1. The lowest BCUT2D eigenvalue weighted by Crippen LogP contribution is -2.49. The van der Waals surface area contributed by atoms with Crippen LogP contribution in [0.25, 0.3) is 0 Å². The first kappa shape index (κ1) is 15.1. The smallest absolute Gasteiger partial charge is 0.244 e. The summed E-state index contributed by atoms with van der Waals surface area (Å²) in [4.78, 5) is 12.2. The van der Waals surface area contributed by atoms with Crippen LogP contribution < -0.4 is 15.8 Å². The number of carbonyl (C=O) groups is 1. The van der Waals surface area contributed by atoms with Crippen molar-refractivity contribution < 1.29 is 9.53 Å². The number of nitrogens with two attached hydrogens (primary N) is 1. The lowest BCUT2D eigenvalue weighted by molar-refractivity contribution is -0.126. The molecule has 21 heavy (non-hydrogen) atoms. The van der Waals surface area contributed by atoms with Crippen LogP contribution >= 0.6 is 0 Å². The van der Waals surface area contributed by atoms with Crippen molar-refractivity contribution in [3.63, 3.8) is 0 Å².